The Bertz CT molecular complexity index is 365. The van der Waals surface area contributed by atoms with Crippen LogP contribution < -0.4 is 11.1 Å². The van der Waals surface area contributed by atoms with Gasteiger partial charge in [0.15, 0.2) is 0 Å². The zero-order valence-electron chi connectivity index (χ0n) is 9.76. The van der Waals surface area contributed by atoms with Crippen LogP contribution in [-0.2, 0) is 4.79 Å². The largest absolute Gasteiger partial charge is 0.368 e. The molecule has 1 aliphatic rings. The van der Waals surface area contributed by atoms with Gasteiger partial charge < -0.3 is 11.1 Å². The van der Waals surface area contributed by atoms with E-state index in [9.17, 15) is 4.79 Å². The number of hydrogen-bond acceptors (Lipinski definition) is 3. The molecule has 0 bridgehead atoms. The summed E-state index contributed by atoms with van der Waals surface area (Å²) in [6.45, 7) is 0. The number of thioether (sulfide) groups is 1. The third-order valence-corrected chi connectivity index (χ3v) is 3.82. The summed E-state index contributed by atoms with van der Waals surface area (Å²) in [7, 11) is 0. The summed E-state index contributed by atoms with van der Waals surface area (Å²) in [4.78, 5) is 12.5. The maximum absolute atomic E-state index is 11.3. The zero-order valence-corrected chi connectivity index (χ0v) is 10.6. The van der Waals surface area contributed by atoms with Crippen LogP contribution in [0.15, 0.2) is 35.2 Å². The Labute approximate surface area is 106 Å². The van der Waals surface area contributed by atoms with E-state index in [1.165, 1.54) is 17.7 Å². The number of carbonyl (C=O) groups is 1. The maximum atomic E-state index is 11.3. The average Bonchev–Trinajstić information content (AvgIpc) is 3.13. The van der Waals surface area contributed by atoms with Gasteiger partial charge >= 0.3 is 0 Å². The third kappa shape index (κ3) is 4.40. The fraction of sp³-hybridized carbons (Fsp3) is 0.462. The van der Waals surface area contributed by atoms with Gasteiger partial charge in [0.05, 0.1) is 6.04 Å². The lowest BCUT2D eigenvalue weighted by Gasteiger charge is -2.14. The molecule has 0 saturated heterocycles. The molecule has 4 heteroatoms. The zero-order chi connectivity index (χ0) is 12.1. The molecule has 1 aromatic carbocycles. The number of carbonyl (C=O) groups excluding carboxylic acids is 1. The van der Waals surface area contributed by atoms with E-state index in [0.717, 1.165) is 12.2 Å². The van der Waals surface area contributed by atoms with Crippen molar-refractivity contribution in [3.63, 3.8) is 0 Å². The van der Waals surface area contributed by atoms with Crippen molar-refractivity contribution >= 4 is 17.7 Å². The number of hydrogen-bond donors (Lipinski definition) is 2. The van der Waals surface area contributed by atoms with Crippen LogP contribution in [0.3, 0.4) is 0 Å². The molecule has 3 nitrogen and oxygen atoms in total. The van der Waals surface area contributed by atoms with Crippen molar-refractivity contribution in [1.82, 2.24) is 5.32 Å². The summed E-state index contributed by atoms with van der Waals surface area (Å²) in [5.41, 5.74) is 5.38. The van der Waals surface area contributed by atoms with Crippen LogP contribution in [0.25, 0.3) is 0 Å². The molecule has 3 N–H and O–H groups in total. The van der Waals surface area contributed by atoms with E-state index in [1.54, 1.807) is 11.8 Å². The highest BCUT2D eigenvalue weighted by molar-refractivity contribution is 7.99. The van der Waals surface area contributed by atoms with Gasteiger partial charge in [0, 0.05) is 10.9 Å². The molecule has 1 amide bonds. The Kier molecular flexibility index (Phi) is 4.45. The van der Waals surface area contributed by atoms with Crippen molar-refractivity contribution in [3.8, 4) is 0 Å². The summed E-state index contributed by atoms with van der Waals surface area (Å²) in [6.07, 6.45) is 3.15. The topological polar surface area (TPSA) is 55.1 Å². The van der Waals surface area contributed by atoms with Gasteiger partial charge in [-0.25, -0.2) is 0 Å². The summed E-state index contributed by atoms with van der Waals surface area (Å²) in [5.74, 6) is 0.683. The van der Waals surface area contributed by atoms with Crippen molar-refractivity contribution in [2.45, 2.75) is 36.2 Å². The number of primary amides is 1. The van der Waals surface area contributed by atoms with E-state index in [1.807, 2.05) is 18.2 Å². The second-order valence-corrected chi connectivity index (χ2v) is 5.51. The fourth-order valence-electron chi connectivity index (χ4n) is 1.65. The standard InChI is InChI=1S/C13H18N2OS/c14-13(16)12(15-10-6-7-10)8-9-17-11-4-2-1-3-5-11/h1-5,10,12,15H,6-9H2,(H2,14,16). The predicted octanol–water partition coefficient (Wildman–Crippen LogP) is 1.77. The fourth-order valence-corrected chi connectivity index (χ4v) is 2.59. The molecule has 1 aliphatic carbocycles. The van der Waals surface area contributed by atoms with E-state index in [4.69, 9.17) is 5.73 Å². The third-order valence-electron chi connectivity index (χ3n) is 2.78. The molecular formula is C13H18N2OS. The van der Waals surface area contributed by atoms with Crippen LogP contribution in [-0.4, -0.2) is 23.7 Å². The van der Waals surface area contributed by atoms with Crippen molar-refractivity contribution in [2.75, 3.05) is 5.75 Å². The summed E-state index contributed by atoms with van der Waals surface area (Å²) in [6, 6.07) is 10.6. The van der Waals surface area contributed by atoms with E-state index >= 15 is 0 Å². The Hall–Kier alpha value is -1.00. The molecule has 1 atom stereocenters. The first kappa shape index (κ1) is 12.5. The number of rotatable bonds is 7. The number of benzene rings is 1. The molecule has 1 saturated carbocycles. The number of amides is 1. The smallest absolute Gasteiger partial charge is 0.234 e. The minimum atomic E-state index is -0.231. The first-order chi connectivity index (χ1) is 8.25. The minimum absolute atomic E-state index is 0.168. The molecule has 1 unspecified atom stereocenters. The highest BCUT2D eigenvalue weighted by atomic mass is 32.2. The molecule has 1 fully saturated rings. The van der Waals surface area contributed by atoms with E-state index in [2.05, 4.69) is 17.4 Å². The molecule has 17 heavy (non-hydrogen) atoms. The first-order valence-electron chi connectivity index (χ1n) is 5.99. The number of nitrogens with two attached hydrogens (primary N) is 1. The normalized spacial score (nSPS) is 16.7. The molecular weight excluding hydrogens is 232 g/mol. The molecule has 0 spiro atoms. The van der Waals surface area contributed by atoms with Gasteiger partial charge in [0.2, 0.25) is 5.91 Å². The van der Waals surface area contributed by atoms with Crippen LogP contribution in [0.5, 0.6) is 0 Å². The van der Waals surface area contributed by atoms with Crippen molar-refractivity contribution < 1.29 is 4.79 Å². The Morgan fingerprint density at radius 3 is 2.71 bits per heavy atom. The van der Waals surface area contributed by atoms with Crippen LogP contribution in [0.1, 0.15) is 19.3 Å². The van der Waals surface area contributed by atoms with Crippen molar-refractivity contribution in [2.24, 2.45) is 5.73 Å². The van der Waals surface area contributed by atoms with E-state index in [-0.39, 0.29) is 11.9 Å². The molecule has 0 heterocycles. The molecule has 0 aromatic heterocycles. The van der Waals surface area contributed by atoms with Crippen LogP contribution >= 0.6 is 11.8 Å². The van der Waals surface area contributed by atoms with E-state index < -0.39 is 0 Å². The SMILES string of the molecule is NC(=O)C(CCSc1ccccc1)NC1CC1. The summed E-state index contributed by atoms with van der Waals surface area (Å²) in [5, 5.41) is 3.29. The van der Waals surface area contributed by atoms with Crippen molar-refractivity contribution in [1.29, 1.82) is 0 Å². The second kappa shape index (κ2) is 6.07. The van der Waals surface area contributed by atoms with Gasteiger partial charge in [0.25, 0.3) is 0 Å². The van der Waals surface area contributed by atoms with Crippen molar-refractivity contribution in [3.05, 3.63) is 30.3 Å². The highest BCUT2D eigenvalue weighted by Crippen LogP contribution is 2.22. The minimum Gasteiger partial charge on any atom is -0.368 e. The number of nitrogens with one attached hydrogen (secondary N) is 1. The average molecular weight is 250 g/mol. The summed E-state index contributed by atoms with van der Waals surface area (Å²) < 4.78 is 0. The van der Waals surface area contributed by atoms with Crippen LogP contribution in [0.2, 0.25) is 0 Å². The maximum Gasteiger partial charge on any atom is 0.234 e. The lowest BCUT2D eigenvalue weighted by molar-refractivity contribution is -0.120. The quantitative estimate of drug-likeness (QED) is 0.725. The monoisotopic (exact) mass is 250 g/mol. The highest BCUT2D eigenvalue weighted by Gasteiger charge is 2.26. The second-order valence-electron chi connectivity index (χ2n) is 4.35. The Balaban J connectivity index is 1.73. The molecule has 0 radical (unpaired) electrons. The Morgan fingerprint density at radius 1 is 1.41 bits per heavy atom. The molecule has 2 rings (SSSR count). The van der Waals surface area contributed by atoms with Crippen LogP contribution in [0.4, 0.5) is 0 Å². The van der Waals surface area contributed by atoms with Gasteiger partial charge in [-0.2, -0.15) is 0 Å². The van der Waals surface area contributed by atoms with Gasteiger partial charge in [-0.15, -0.1) is 11.8 Å². The van der Waals surface area contributed by atoms with Gasteiger partial charge in [-0.3, -0.25) is 4.79 Å². The van der Waals surface area contributed by atoms with E-state index in [0.29, 0.717) is 6.04 Å². The molecule has 0 aliphatic heterocycles. The summed E-state index contributed by atoms with van der Waals surface area (Å²) >= 11 is 1.77. The lowest BCUT2D eigenvalue weighted by atomic mass is 10.2. The van der Waals surface area contributed by atoms with Crippen LogP contribution in [0, 0.1) is 0 Å². The molecule has 92 valence electrons. The molecule has 1 aromatic rings. The van der Waals surface area contributed by atoms with Gasteiger partial charge in [-0.05, 0) is 37.1 Å². The lowest BCUT2D eigenvalue weighted by Crippen LogP contribution is -2.42. The van der Waals surface area contributed by atoms with Gasteiger partial charge in [-0.1, -0.05) is 18.2 Å². The van der Waals surface area contributed by atoms with Gasteiger partial charge in [0.1, 0.15) is 0 Å². The Morgan fingerprint density at radius 2 is 2.12 bits per heavy atom. The predicted molar refractivity (Wildman–Crippen MR) is 70.9 cm³/mol. The first-order valence-corrected chi connectivity index (χ1v) is 6.97.